The van der Waals surface area contributed by atoms with E-state index in [0.29, 0.717) is 11.4 Å². The van der Waals surface area contributed by atoms with Crippen LogP contribution >= 0.6 is 15.9 Å². The van der Waals surface area contributed by atoms with E-state index < -0.39 is 0 Å². The van der Waals surface area contributed by atoms with Gasteiger partial charge in [-0.3, -0.25) is 9.59 Å². The zero-order valence-electron chi connectivity index (χ0n) is 11.5. The van der Waals surface area contributed by atoms with Crippen LogP contribution in [-0.4, -0.2) is 11.8 Å². The van der Waals surface area contributed by atoms with Crippen molar-refractivity contribution in [1.29, 1.82) is 0 Å². The van der Waals surface area contributed by atoms with Crippen molar-refractivity contribution >= 4 is 39.1 Å². The second-order valence-electron chi connectivity index (χ2n) is 4.60. The minimum Gasteiger partial charge on any atom is -0.326 e. The fourth-order valence-corrected chi connectivity index (χ4v) is 2.31. The summed E-state index contributed by atoms with van der Waals surface area (Å²) < 4.78 is 0.944. The molecule has 108 valence electrons. The molecule has 4 nitrogen and oxygen atoms in total. The van der Waals surface area contributed by atoms with Crippen LogP contribution in [0.2, 0.25) is 0 Å². The second kappa shape index (κ2) is 7.04. The van der Waals surface area contributed by atoms with Crippen molar-refractivity contribution in [3.05, 3.63) is 58.6 Å². The number of carbonyl (C=O) groups is 2. The van der Waals surface area contributed by atoms with Crippen LogP contribution in [0.3, 0.4) is 0 Å². The first-order valence-corrected chi connectivity index (χ1v) is 7.25. The standard InChI is InChI=1S/C16H15BrN2O2/c1-11-9-12(17)7-8-14(11)19-16(21)10-15(20)18-13-5-3-2-4-6-13/h2-9H,10H2,1H3,(H,18,20)(H,19,21). The lowest BCUT2D eigenvalue weighted by molar-refractivity contribution is -0.123. The van der Waals surface area contributed by atoms with E-state index in [2.05, 4.69) is 26.6 Å². The molecule has 0 saturated carbocycles. The normalized spacial score (nSPS) is 10.0. The maximum atomic E-state index is 11.9. The van der Waals surface area contributed by atoms with E-state index in [-0.39, 0.29) is 18.2 Å². The van der Waals surface area contributed by atoms with Gasteiger partial charge in [-0.1, -0.05) is 34.1 Å². The Hall–Kier alpha value is -2.14. The number of hydrogen-bond donors (Lipinski definition) is 2. The summed E-state index contributed by atoms with van der Waals surface area (Å²) in [6, 6.07) is 14.6. The molecular formula is C16H15BrN2O2. The van der Waals surface area contributed by atoms with Crippen LogP contribution in [0.5, 0.6) is 0 Å². The number of hydrogen-bond acceptors (Lipinski definition) is 2. The molecule has 0 aliphatic carbocycles. The predicted octanol–water partition coefficient (Wildman–Crippen LogP) is 3.72. The molecule has 2 rings (SSSR count). The van der Waals surface area contributed by atoms with Crippen LogP contribution in [0, 0.1) is 6.92 Å². The van der Waals surface area contributed by atoms with Gasteiger partial charge in [0.05, 0.1) is 0 Å². The highest BCUT2D eigenvalue weighted by molar-refractivity contribution is 9.10. The van der Waals surface area contributed by atoms with Gasteiger partial charge in [0.25, 0.3) is 0 Å². The largest absolute Gasteiger partial charge is 0.326 e. The molecular weight excluding hydrogens is 332 g/mol. The van der Waals surface area contributed by atoms with E-state index in [4.69, 9.17) is 0 Å². The number of anilines is 2. The molecule has 0 aliphatic rings. The highest BCUT2D eigenvalue weighted by Crippen LogP contribution is 2.20. The summed E-state index contributed by atoms with van der Waals surface area (Å²) in [5.41, 5.74) is 2.31. The van der Waals surface area contributed by atoms with Crippen molar-refractivity contribution < 1.29 is 9.59 Å². The lowest BCUT2D eigenvalue weighted by Gasteiger charge is -2.09. The third-order valence-electron chi connectivity index (χ3n) is 2.84. The zero-order valence-corrected chi connectivity index (χ0v) is 13.1. The van der Waals surface area contributed by atoms with E-state index in [1.807, 2.05) is 37.3 Å². The Morgan fingerprint density at radius 1 is 1.00 bits per heavy atom. The molecule has 0 aliphatic heterocycles. The molecule has 5 heteroatoms. The van der Waals surface area contributed by atoms with Crippen LogP contribution in [-0.2, 0) is 9.59 Å². The number of aryl methyl sites for hydroxylation is 1. The highest BCUT2D eigenvalue weighted by Gasteiger charge is 2.11. The lowest BCUT2D eigenvalue weighted by Crippen LogP contribution is -2.21. The summed E-state index contributed by atoms with van der Waals surface area (Å²) in [7, 11) is 0. The van der Waals surface area contributed by atoms with E-state index in [1.54, 1.807) is 18.2 Å². The molecule has 0 atom stereocenters. The maximum Gasteiger partial charge on any atom is 0.233 e. The quantitative estimate of drug-likeness (QED) is 0.828. The molecule has 0 heterocycles. The monoisotopic (exact) mass is 346 g/mol. The maximum absolute atomic E-state index is 11.9. The summed E-state index contributed by atoms with van der Waals surface area (Å²) in [6.07, 6.45) is -0.218. The lowest BCUT2D eigenvalue weighted by atomic mass is 10.2. The van der Waals surface area contributed by atoms with Gasteiger partial charge in [-0.05, 0) is 42.8 Å². The Labute approximate surface area is 131 Å². The fourth-order valence-electron chi connectivity index (χ4n) is 1.83. The van der Waals surface area contributed by atoms with Gasteiger partial charge in [-0.25, -0.2) is 0 Å². The summed E-state index contributed by atoms with van der Waals surface area (Å²) >= 11 is 3.36. The number of rotatable bonds is 4. The molecule has 0 saturated heterocycles. The van der Waals surface area contributed by atoms with E-state index in [1.165, 1.54) is 0 Å². The Morgan fingerprint density at radius 3 is 2.33 bits per heavy atom. The van der Waals surface area contributed by atoms with Crippen LogP contribution < -0.4 is 10.6 Å². The summed E-state index contributed by atoms with van der Waals surface area (Å²) in [6.45, 7) is 1.89. The SMILES string of the molecule is Cc1cc(Br)ccc1NC(=O)CC(=O)Nc1ccccc1. The molecule has 2 N–H and O–H groups in total. The van der Waals surface area contributed by atoms with Crippen molar-refractivity contribution in [2.45, 2.75) is 13.3 Å². The number of halogens is 1. The van der Waals surface area contributed by atoms with Gasteiger partial charge < -0.3 is 10.6 Å². The van der Waals surface area contributed by atoms with E-state index >= 15 is 0 Å². The molecule has 0 aromatic heterocycles. The smallest absolute Gasteiger partial charge is 0.233 e. The molecule has 0 fully saturated rings. The predicted molar refractivity (Wildman–Crippen MR) is 87.2 cm³/mol. The molecule has 21 heavy (non-hydrogen) atoms. The minimum absolute atomic E-state index is 0.218. The Bertz CT molecular complexity index is 657. The van der Waals surface area contributed by atoms with Crippen LogP contribution in [0.25, 0.3) is 0 Å². The number of carbonyl (C=O) groups excluding carboxylic acids is 2. The average Bonchev–Trinajstić information content (AvgIpc) is 2.43. The number of benzene rings is 2. The fraction of sp³-hybridized carbons (Fsp3) is 0.125. The second-order valence-corrected chi connectivity index (χ2v) is 5.51. The van der Waals surface area contributed by atoms with Gasteiger partial charge in [-0.15, -0.1) is 0 Å². The Kier molecular flexibility index (Phi) is 5.11. The van der Waals surface area contributed by atoms with Crippen LogP contribution in [0.15, 0.2) is 53.0 Å². The van der Waals surface area contributed by atoms with Crippen molar-refractivity contribution in [3.8, 4) is 0 Å². The first-order valence-electron chi connectivity index (χ1n) is 6.45. The topological polar surface area (TPSA) is 58.2 Å². The number of amides is 2. The molecule has 2 aromatic rings. The number of para-hydroxylation sites is 1. The zero-order chi connectivity index (χ0) is 15.2. The third-order valence-corrected chi connectivity index (χ3v) is 3.33. The minimum atomic E-state index is -0.339. The van der Waals surface area contributed by atoms with Crippen molar-refractivity contribution in [1.82, 2.24) is 0 Å². The molecule has 2 amide bonds. The first-order chi connectivity index (χ1) is 10.0. The van der Waals surface area contributed by atoms with Crippen molar-refractivity contribution in [3.63, 3.8) is 0 Å². The molecule has 0 unspecified atom stereocenters. The summed E-state index contributed by atoms with van der Waals surface area (Å²) in [5, 5.41) is 5.41. The molecule has 0 radical (unpaired) electrons. The Morgan fingerprint density at radius 2 is 1.67 bits per heavy atom. The van der Waals surface area contributed by atoms with Gasteiger partial charge >= 0.3 is 0 Å². The summed E-state index contributed by atoms with van der Waals surface area (Å²) in [5.74, 6) is -0.678. The van der Waals surface area contributed by atoms with Gasteiger partial charge in [-0.2, -0.15) is 0 Å². The third kappa shape index (κ3) is 4.72. The highest BCUT2D eigenvalue weighted by atomic mass is 79.9. The Balaban J connectivity index is 1.91. The van der Waals surface area contributed by atoms with E-state index in [0.717, 1.165) is 10.0 Å². The van der Waals surface area contributed by atoms with Crippen molar-refractivity contribution in [2.24, 2.45) is 0 Å². The molecule has 0 bridgehead atoms. The van der Waals surface area contributed by atoms with Gasteiger partial charge in [0.15, 0.2) is 0 Å². The van der Waals surface area contributed by atoms with Crippen LogP contribution in [0.1, 0.15) is 12.0 Å². The van der Waals surface area contributed by atoms with Gasteiger partial charge in [0.1, 0.15) is 6.42 Å². The van der Waals surface area contributed by atoms with E-state index in [9.17, 15) is 9.59 Å². The van der Waals surface area contributed by atoms with Crippen molar-refractivity contribution in [2.75, 3.05) is 10.6 Å². The molecule has 0 spiro atoms. The van der Waals surface area contributed by atoms with Gasteiger partial charge in [0, 0.05) is 15.8 Å². The summed E-state index contributed by atoms with van der Waals surface area (Å²) in [4.78, 5) is 23.6. The first kappa shape index (κ1) is 15.3. The van der Waals surface area contributed by atoms with Gasteiger partial charge in [0.2, 0.25) is 11.8 Å². The van der Waals surface area contributed by atoms with Crippen LogP contribution in [0.4, 0.5) is 11.4 Å². The average molecular weight is 347 g/mol. The molecule has 2 aromatic carbocycles. The number of nitrogens with one attached hydrogen (secondary N) is 2.